The third kappa shape index (κ3) is 6.16. The van der Waals surface area contributed by atoms with Crippen molar-refractivity contribution in [2.45, 2.75) is 37.6 Å². The maximum absolute atomic E-state index is 10.9. The van der Waals surface area contributed by atoms with Gasteiger partial charge in [-0.1, -0.05) is 35.4 Å². The van der Waals surface area contributed by atoms with E-state index in [1.807, 2.05) is 6.92 Å². The lowest BCUT2D eigenvalue weighted by atomic mass is 10.1. The van der Waals surface area contributed by atoms with Gasteiger partial charge in [0.15, 0.2) is 0 Å². The summed E-state index contributed by atoms with van der Waals surface area (Å²) in [5.41, 5.74) is 0. The summed E-state index contributed by atoms with van der Waals surface area (Å²) in [6.45, 7) is 4.12. The Morgan fingerprint density at radius 1 is 1.57 bits per heavy atom. The van der Waals surface area contributed by atoms with Gasteiger partial charge in [-0.15, -0.1) is 0 Å². The summed E-state index contributed by atoms with van der Waals surface area (Å²) in [4.78, 5) is 10.7. The maximum atomic E-state index is 10.9. The van der Waals surface area contributed by atoms with Gasteiger partial charge in [-0.3, -0.25) is 0 Å². The van der Waals surface area contributed by atoms with E-state index in [1.165, 1.54) is 6.08 Å². The summed E-state index contributed by atoms with van der Waals surface area (Å²) in [7, 11) is 0. The second-order valence-corrected chi connectivity index (χ2v) is 3.97. The molecule has 0 saturated heterocycles. The first kappa shape index (κ1) is 13.7. The first-order valence-electron chi connectivity index (χ1n) is 4.78. The van der Waals surface area contributed by atoms with E-state index in [0.717, 1.165) is 6.42 Å². The average molecular weight is 265 g/mol. The predicted octanol–water partition coefficient (Wildman–Crippen LogP) is 2.03. The van der Waals surface area contributed by atoms with E-state index in [9.17, 15) is 9.90 Å². The van der Waals surface area contributed by atoms with Crippen molar-refractivity contribution < 1.29 is 14.6 Å². The Hall–Kier alpha value is -0.350. The first-order valence-corrected chi connectivity index (χ1v) is 5.70. The normalized spacial score (nSPS) is 15.4. The van der Waals surface area contributed by atoms with E-state index in [4.69, 9.17) is 4.74 Å². The number of alkyl halides is 1. The molecule has 3 nitrogen and oxygen atoms in total. The fourth-order valence-corrected chi connectivity index (χ4v) is 1.36. The summed E-state index contributed by atoms with van der Waals surface area (Å²) in [5, 5.41) is 9.51. The van der Waals surface area contributed by atoms with Crippen molar-refractivity contribution in [1.29, 1.82) is 0 Å². The van der Waals surface area contributed by atoms with Crippen LogP contribution >= 0.6 is 15.9 Å². The topological polar surface area (TPSA) is 46.5 Å². The highest BCUT2D eigenvalue weighted by Crippen LogP contribution is 2.12. The van der Waals surface area contributed by atoms with E-state index < -0.39 is 6.10 Å². The summed E-state index contributed by atoms with van der Waals surface area (Å²) >= 11 is 3.28. The standard InChI is InChI=1S/C10H17BrO3/c1-3-5-9(12)8(11)6-7-10(13)14-4-2/h6-9,12H,3-5H2,1-2H3/b7-6+/t8-,9-/m1/s1. The molecule has 0 aliphatic carbocycles. The largest absolute Gasteiger partial charge is 0.463 e. The van der Waals surface area contributed by atoms with Crippen LogP contribution in [-0.2, 0) is 9.53 Å². The van der Waals surface area contributed by atoms with Gasteiger partial charge in [0, 0.05) is 6.08 Å². The number of aliphatic hydroxyl groups excluding tert-OH is 1. The highest BCUT2D eigenvalue weighted by atomic mass is 79.9. The van der Waals surface area contributed by atoms with Crippen molar-refractivity contribution in [3.63, 3.8) is 0 Å². The molecular formula is C10H17BrO3. The van der Waals surface area contributed by atoms with Gasteiger partial charge in [0.1, 0.15) is 0 Å². The van der Waals surface area contributed by atoms with Crippen LogP contribution in [0.5, 0.6) is 0 Å². The van der Waals surface area contributed by atoms with Gasteiger partial charge < -0.3 is 9.84 Å². The summed E-state index contributed by atoms with van der Waals surface area (Å²) in [6.07, 6.45) is 4.12. The van der Waals surface area contributed by atoms with Crippen LogP contribution in [0.4, 0.5) is 0 Å². The van der Waals surface area contributed by atoms with Crippen LogP contribution in [0.2, 0.25) is 0 Å². The Morgan fingerprint density at radius 3 is 2.71 bits per heavy atom. The van der Waals surface area contributed by atoms with Gasteiger partial charge >= 0.3 is 5.97 Å². The number of hydrogen-bond acceptors (Lipinski definition) is 3. The molecule has 0 fully saturated rings. The summed E-state index contributed by atoms with van der Waals surface area (Å²) < 4.78 is 4.70. The molecule has 0 saturated carbocycles. The van der Waals surface area contributed by atoms with Gasteiger partial charge in [0.05, 0.1) is 17.5 Å². The van der Waals surface area contributed by atoms with Crippen LogP contribution in [0, 0.1) is 0 Å². The molecule has 0 rings (SSSR count). The van der Waals surface area contributed by atoms with Crippen molar-refractivity contribution in [3.8, 4) is 0 Å². The molecule has 0 amide bonds. The zero-order chi connectivity index (χ0) is 11.0. The number of esters is 1. The van der Waals surface area contributed by atoms with E-state index in [1.54, 1.807) is 13.0 Å². The molecule has 0 aliphatic heterocycles. The van der Waals surface area contributed by atoms with Crippen molar-refractivity contribution in [2.24, 2.45) is 0 Å². The van der Waals surface area contributed by atoms with Gasteiger partial charge in [-0.25, -0.2) is 4.79 Å². The molecule has 0 aromatic rings. The number of carbonyl (C=O) groups is 1. The average Bonchev–Trinajstić information content (AvgIpc) is 2.15. The zero-order valence-electron chi connectivity index (χ0n) is 8.57. The van der Waals surface area contributed by atoms with Crippen molar-refractivity contribution in [3.05, 3.63) is 12.2 Å². The molecule has 14 heavy (non-hydrogen) atoms. The SMILES string of the molecule is CCC[C@@H](O)[C@H](Br)/C=C/C(=O)OCC. The minimum atomic E-state index is -0.453. The van der Waals surface area contributed by atoms with Crippen molar-refractivity contribution in [2.75, 3.05) is 6.61 Å². The third-order valence-corrected chi connectivity index (χ3v) is 2.57. The third-order valence-electron chi connectivity index (χ3n) is 1.65. The van der Waals surface area contributed by atoms with Gasteiger partial charge in [0.2, 0.25) is 0 Å². The van der Waals surface area contributed by atoms with Crippen molar-refractivity contribution >= 4 is 21.9 Å². The minimum absolute atomic E-state index is 0.188. The molecule has 0 heterocycles. The van der Waals surface area contributed by atoms with Crippen LogP contribution in [0.1, 0.15) is 26.7 Å². The van der Waals surface area contributed by atoms with Gasteiger partial charge in [-0.05, 0) is 13.3 Å². The number of ether oxygens (including phenoxy) is 1. The number of rotatable bonds is 6. The summed E-state index contributed by atoms with van der Waals surface area (Å²) in [6, 6.07) is 0. The molecular weight excluding hydrogens is 248 g/mol. The molecule has 0 spiro atoms. The second-order valence-electron chi connectivity index (χ2n) is 2.91. The van der Waals surface area contributed by atoms with Crippen LogP contribution in [0.15, 0.2) is 12.2 Å². The van der Waals surface area contributed by atoms with E-state index in [2.05, 4.69) is 15.9 Å². The lowest BCUT2D eigenvalue weighted by molar-refractivity contribution is -0.137. The van der Waals surface area contributed by atoms with Crippen molar-refractivity contribution in [1.82, 2.24) is 0 Å². The molecule has 0 unspecified atom stereocenters. The quantitative estimate of drug-likeness (QED) is 0.454. The molecule has 82 valence electrons. The number of carbonyl (C=O) groups excluding carboxylic acids is 1. The van der Waals surface area contributed by atoms with E-state index in [-0.39, 0.29) is 10.8 Å². The molecule has 0 aliphatic rings. The zero-order valence-corrected chi connectivity index (χ0v) is 10.2. The fourth-order valence-electron chi connectivity index (χ4n) is 0.944. The van der Waals surface area contributed by atoms with Gasteiger partial charge in [0.25, 0.3) is 0 Å². The second kappa shape index (κ2) is 8.00. The molecule has 0 aromatic heterocycles. The van der Waals surface area contributed by atoms with Crippen LogP contribution in [0.3, 0.4) is 0 Å². The predicted molar refractivity (Wildman–Crippen MR) is 59.4 cm³/mol. The Morgan fingerprint density at radius 2 is 2.21 bits per heavy atom. The molecule has 0 aromatic carbocycles. The number of hydrogen-bond donors (Lipinski definition) is 1. The van der Waals surface area contributed by atoms with E-state index >= 15 is 0 Å². The van der Waals surface area contributed by atoms with Crippen LogP contribution in [-0.4, -0.2) is 28.6 Å². The summed E-state index contributed by atoms with van der Waals surface area (Å²) in [5.74, 6) is -0.374. The van der Waals surface area contributed by atoms with E-state index in [0.29, 0.717) is 13.0 Å². The molecule has 2 atom stereocenters. The fraction of sp³-hybridized carbons (Fsp3) is 0.700. The number of halogens is 1. The Bertz CT molecular complexity index is 192. The molecule has 1 N–H and O–H groups in total. The lowest BCUT2D eigenvalue weighted by Gasteiger charge is -2.11. The minimum Gasteiger partial charge on any atom is -0.463 e. The highest BCUT2D eigenvalue weighted by molar-refractivity contribution is 9.09. The smallest absolute Gasteiger partial charge is 0.330 e. The molecule has 0 bridgehead atoms. The Labute approximate surface area is 93.3 Å². The Kier molecular flexibility index (Phi) is 7.80. The number of aliphatic hydroxyl groups is 1. The first-order chi connectivity index (χ1) is 6.61. The Balaban J connectivity index is 3.90. The lowest BCUT2D eigenvalue weighted by Crippen LogP contribution is -2.18. The van der Waals surface area contributed by atoms with Crippen LogP contribution < -0.4 is 0 Å². The van der Waals surface area contributed by atoms with Gasteiger partial charge in [-0.2, -0.15) is 0 Å². The highest BCUT2D eigenvalue weighted by Gasteiger charge is 2.11. The monoisotopic (exact) mass is 264 g/mol. The molecule has 4 heteroatoms. The maximum Gasteiger partial charge on any atom is 0.330 e. The molecule has 0 radical (unpaired) electrons. The van der Waals surface area contributed by atoms with Crippen LogP contribution in [0.25, 0.3) is 0 Å².